The average molecular weight is 291 g/mol. The first kappa shape index (κ1) is 17.0. The molecule has 1 aromatic rings. The van der Waals surface area contributed by atoms with Crippen molar-refractivity contribution in [3.05, 3.63) is 34.9 Å². The number of guanidine groups is 1. The van der Waals surface area contributed by atoms with Gasteiger partial charge >= 0.3 is 5.97 Å². The summed E-state index contributed by atoms with van der Waals surface area (Å²) in [7, 11) is 3.10. The highest BCUT2D eigenvalue weighted by molar-refractivity contribution is 5.80. The SMILES string of the molecule is CN=C(NCc1ccc(C)cc1C)NCC(C)C(=O)OC. The maximum atomic E-state index is 11.3. The van der Waals surface area contributed by atoms with E-state index in [2.05, 4.69) is 47.7 Å². The van der Waals surface area contributed by atoms with E-state index in [-0.39, 0.29) is 11.9 Å². The van der Waals surface area contributed by atoms with Crippen molar-refractivity contribution >= 4 is 11.9 Å². The molecule has 0 aromatic heterocycles. The van der Waals surface area contributed by atoms with Gasteiger partial charge < -0.3 is 15.4 Å². The van der Waals surface area contributed by atoms with Crippen LogP contribution in [0.5, 0.6) is 0 Å². The van der Waals surface area contributed by atoms with Crippen LogP contribution in [0.25, 0.3) is 0 Å². The molecule has 0 aliphatic carbocycles. The highest BCUT2D eigenvalue weighted by Gasteiger charge is 2.13. The van der Waals surface area contributed by atoms with Crippen molar-refractivity contribution in [1.29, 1.82) is 0 Å². The summed E-state index contributed by atoms with van der Waals surface area (Å²) in [6, 6.07) is 6.37. The number of esters is 1. The van der Waals surface area contributed by atoms with Gasteiger partial charge in [0.05, 0.1) is 13.0 Å². The fourth-order valence-corrected chi connectivity index (χ4v) is 1.98. The number of nitrogens with one attached hydrogen (secondary N) is 2. The summed E-state index contributed by atoms with van der Waals surface area (Å²) in [5, 5.41) is 6.37. The standard InChI is InChI=1S/C16H25N3O2/c1-11-6-7-14(12(2)8-11)10-19-16(17-4)18-9-13(3)15(20)21-5/h6-8,13H,9-10H2,1-5H3,(H2,17,18,19). The Bertz CT molecular complexity index is 512. The molecule has 0 heterocycles. The first-order valence-electron chi connectivity index (χ1n) is 7.06. The van der Waals surface area contributed by atoms with Crippen molar-refractivity contribution in [2.24, 2.45) is 10.9 Å². The van der Waals surface area contributed by atoms with E-state index in [0.29, 0.717) is 19.0 Å². The van der Waals surface area contributed by atoms with Gasteiger partial charge in [-0.3, -0.25) is 9.79 Å². The van der Waals surface area contributed by atoms with Gasteiger partial charge in [0.25, 0.3) is 0 Å². The lowest BCUT2D eigenvalue weighted by Gasteiger charge is -2.15. The molecule has 116 valence electrons. The fourth-order valence-electron chi connectivity index (χ4n) is 1.98. The molecule has 1 aromatic carbocycles. The summed E-state index contributed by atoms with van der Waals surface area (Å²) in [5.41, 5.74) is 3.73. The lowest BCUT2D eigenvalue weighted by Crippen LogP contribution is -2.40. The smallest absolute Gasteiger partial charge is 0.310 e. The normalized spacial score (nSPS) is 12.7. The molecule has 0 aliphatic heterocycles. The molecule has 21 heavy (non-hydrogen) atoms. The first-order chi connectivity index (χ1) is 9.97. The Kier molecular flexibility index (Phi) is 6.72. The van der Waals surface area contributed by atoms with Crippen molar-refractivity contribution in [2.75, 3.05) is 20.7 Å². The third-order valence-corrected chi connectivity index (χ3v) is 3.35. The molecule has 1 rings (SSSR count). The zero-order chi connectivity index (χ0) is 15.8. The van der Waals surface area contributed by atoms with E-state index in [1.807, 2.05) is 6.92 Å². The highest BCUT2D eigenvalue weighted by atomic mass is 16.5. The molecule has 5 heteroatoms. The Labute approximate surface area is 126 Å². The molecule has 0 radical (unpaired) electrons. The predicted molar refractivity (Wildman–Crippen MR) is 85.3 cm³/mol. The van der Waals surface area contributed by atoms with Crippen LogP contribution in [0.15, 0.2) is 23.2 Å². The van der Waals surface area contributed by atoms with E-state index in [4.69, 9.17) is 4.74 Å². The van der Waals surface area contributed by atoms with E-state index < -0.39 is 0 Å². The van der Waals surface area contributed by atoms with E-state index in [1.165, 1.54) is 23.8 Å². The van der Waals surface area contributed by atoms with Crippen molar-refractivity contribution < 1.29 is 9.53 Å². The monoisotopic (exact) mass is 291 g/mol. The van der Waals surface area contributed by atoms with Crippen LogP contribution in [-0.2, 0) is 16.1 Å². The number of benzene rings is 1. The molecule has 0 aliphatic rings. The summed E-state index contributed by atoms with van der Waals surface area (Å²) < 4.78 is 4.69. The molecular formula is C16H25N3O2. The van der Waals surface area contributed by atoms with Gasteiger partial charge in [0.2, 0.25) is 0 Å². The number of methoxy groups -OCH3 is 1. The van der Waals surface area contributed by atoms with Gasteiger partial charge in [0.1, 0.15) is 0 Å². The average Bonchev–Trinajstić information content (AvgIpc) is 2.47. The maximum absolute atomic E-state index is 11.3. The summed E-state index contributed by atoms with van der Waals surface area (Å²) in [4.78, 5) is 15.5. The number of rotatable bonds is 5. The molecule has 1 atom stereocenters. The Morgan fingerprint density at radius 1 is 1.33 bits per heavy atom. The molecule has 0 saturated heterocycles. The Morgan fingerprint density at radius 2 is 2.05 bits per heavy atom. The molecular weight excluding hydrogens is 266 g/mol. The van der Waals surface area contributed by atoms with Crippen molar-refractivity contribution in [3.63, 3.8) is 0 Å². The van der Waals surface area contributed by atoms with Crippen LogP contribution >= 0.6 is 0 Å². The molecule has 0 amide bonds. The predicted octanol–water partition coefficient (Wildman–Crippen LogP) is 1.78. The maximum Gasteiger partial charge on any atom is 0.310 e. The lowest BCUT2D eigenvalue weighted by molar-refractivity contribution is -0.144. The minimum Gasteiger partial charge on any atom is -0.469 e. The van der Waals surface area contributed by atoms with Crippen LogP contribution < -0.4 is 10.6 Å². The third-order valence-electron chi connectivity index (χ3n) is 3.35. The first-order valence-corrected chi connectivity index (χ1v) is 7.06. The number of carbonyl (C=O) groups excluding carboxylic acids is 1. The largest absolute Gasteiger partial charge is 0.469 e. The van der Waals surface area contributed by atoms with Crippen LogP contribution in [0.1, 0.15) is 23.6 Å². The van der Waals surface area contributed by atoms with Gasteiger partial charge in [-0.05, 0) is 25.0 Å². The minimum absolute atomic E-state index is 0.213. The van der Waals surface area contributed by atoms with Crippen LogP contribution in [0.3, 0.4) is 0 Å². The molecule has 2 N–H and O–H groups in total. The molecule has 0 spiro atoms. The fraction of sp³-hybridized carbons (Fsp3) is 0.500. The quantitative estimate of drug-likeness (QED) is 0.493. The van der Waals surface area contributed by atoms with Gasteiger partial charge in [-0.2, -0.15) is 0 Å². The van der Waals surface area contributed by atoms with Gasteiger partial charge in [-0.15, -0.1) is 0 Å². The van der Waals surface area contributed by atoms with Crippen LogP contribution in [0.2, 0.25) is 0 Å². The second-order valence-corrected chi connectivity index (χ2v) is 5.16. The van der Waals surface area contributed by atoms with Crippen molar-refractivity contribution in [3.8, 4) is 0 Å². The van der Waals surface area contributed by atoms with Crippen LogP contribution in [0.4, 0.5) is 0 Å². The Morgan fingerprint density at radius 3 is 2.62 bits per heavy atom. The van der Waals surface area contributed by atoms with Gasteiger partial charge in [-0.25, -0.2) is 0 Å². The second kappa shape index (κ2) is 8.29. The van der Waals surface area contributed by atoms with Crippen molar-refractivity contribution in [1.82, 2.24) is 10.6 Å². The molecule has 1 unspecified atom stereocenters. The topological polar surface area (TPSA) is 62.7 Å². The highest BCUT2D eigenvalue weighted by Crippen LogP contribution is 2.09. The number of nitrogens with zero attached hydrogens (tertiary/aromatic N) is 1. The number of aryl methyl sites for hydroxylation is 2. The third kappa shape index (κ3) is 5.45. The number of ether oxygens (including phenoxy) is 1. The summed E-state index contributed by atoms with van der Waals surface area (Å²) in [6.07, 6.45) is 0. The van der Waals surface area contributed by atoms with Crippen molar-refractivity contribution in [2.45, 2.75) is 27.3 Å². The Hall–Kier alpha value is -2.04. The summed E-state index contributed by atoms with van der Waals surface area (Å²) in [5.74, 6) is 0.229. The second-order valence-electron chi connectivity index (χ2n) is 5.16. The zero-order valence-corrected chi connectivity index (χ0v) is 13.5. The molecule has 0 bridgehead atoms. The number of hydrogen-bond donors (Lipinski definition) is 2. The van der Waals surface area contributed by atoms with E-state index in [9.17, 15) is 4.79 Å². The lowest BCUT2D eigenvalue weighted by atomic mass is 10.1. The summed E-state index contributed by atoms with van der Waals surface area (Å²) >= 11 is 0. The molecule has 0 saturated carbocycles. The van der Waals surface area contributed by atoms with E-state index in [0.717, 1.165) is 0 Å². The van der Waals surface area contributed by atoms with Gasteiger partial charge in [0, 0.05) is 20.1 Å². The van der Waals surface area contributed by atoms with Crippen LogP contribution in [0, 0.1) is 19.8 Å². The van der Waals surface area contributed by atoms with E-state index >= 15 is 0 Å². The van der Waals surface area contributed by atoms with Crippen LogP contribution in [-0.4, -0.2) is 32.6 Å². The number of hydrogen-bond acceptors (Lipinski definition) is 3. The van der Waals surface area contributed by atoms with Gasteiger partial charge in [0.15, 0.2) is 5.96 Å². The minimum atomic E-state index is -0.229. The van der Waals surface area contributed by atoms with Gasteiger partial charge in [-0.1, -0.05) is 30.7 Å². The molecule has 0 fully saturated rings. The Balaban J connectivity index is 2.50. The number of carbonyl (C=O) groups is 1. The zero-order valence-electron chi connectivity index (χ0n) is 13.5. The summed E-state index contributed by atoms with van der Waals surface area (Å²) in [6.45, 7) is 7.17. The molecule has 5 nitrogen and oxygen atoms in total. The number of aliphatic imine (C=N–C) groups is 1. The van der Waals surface area contributed by atoms with E-state index in [1.54, 1.807) is 7.05 Å².